The van der Waals surface area contributed by atoms with Gasteiger partial charge < -0.3 is 15.0 Å². The number of carbonyl (C=O) groups excluding carboxylic acids is 1. The third-order valence-electron chi connectivity index (χ3n) is 4.98. The number of rotatable bonds is 4. The first-order chi connectivity index (χ1) is 11.8. The van der Waals surface area contributed by atoms with E-state index in [0.717, 1.165) is 17.1 Å². The van der Waals surface area contributed by atoms with Crippen LogP contribution in [0.15, 0.2) is 23.1 Å². The topological polar surface area (TPSA) is 79.0 Å². The van der Waals surface area contributed by atoms with Gasteiger partial charge in [0.05, 0.1) is 7.11 Å². The van der Waals surface area contributed by atoms with Crippen molar-refractivity contribution in [3.63, 3.8) is 0 Å². The number of benzene rings is 1. The molecule has 0 radical (unpaired) electrons. The highest BCUT2D eigenvalue weighted by Crippen LogP contribution is 2.28. The van der Waals surface area contributed by atoms with Gasteiger partial charge in [0, 0.05) is 44.8 Å². The van der Waals surface area contributed by atoms with E-state index in [9.17, 15) is 13.2 Å². The lowest BCUT2D eigenvalue weighted by Gasteiger charge is -2.25. The van der Waals surface area contributed by atoms with Gasteiger partial charge in [0.2, 0.25) is 10.0 Å². The molecule has 2 fully saturated rings. The predicted octanol–water partition coefficient (Wildman–Crippen LogP) is 1.33. The minimum Gasteiger partial charge on any atom is -0.495 e. The fraction of sp³-hybridized carbons (Fsp3) is 0.588. The molecular formula is C17H26ClN3O4S. The van der Waals surface area contributed by atoms with Crippen LogP contribution in [0.3, 0.4) is 0 Å². The van der Waals surface area contributed by atoms with Gasteiger partial charge >= 0.3 is 0 Å². The first-order valence-electron chi connectivity index (χ1n) is 8.49. The molecule has 26 heavy (non-hydrogen) atoms. The second-order valence-electron chi connectivity index (χ2n) is 6.83. The molecule has 2 atom stereocenters. The van der Waals surface area contributed by atoms with E-state index in [1.54, 1.807) is 12.1 Å². The smallest absolute Gasteiger partial charge is 0.253 e. The number of hydrogen-bond acceptors (Lipinski definition) is 5. The highest BCUT2D eigenvalue weighted by atomic mass is 35.5. The number of likely N-dealkylation sites (tertiary alicyclic amines) is 1. The summed E-state index contributed by atoms with van der Waals surface area (Å²) >= 11 is 0. The molecule has 0 aliphatic carbocycles. The number of carbonyl (C=O) groups is 1. The molecule has 2 aliphatic heterocycles. The van der Waals surface area contributed by atoms with Crippen LogP contribution in [-0.2, 0) is 10.0 Å². The predicted molar refractivity (Wildman–Crippen MR) is 102 cm³/mol. The molecule has 0 aromatic heterocycles. The van der Waals surface area contributed by atoms with Crippen LogP contribution in [0.5, 0.6) is 5.75 Å². The molecule has 2 saturated heterocycles. The van der Waals surface area contributed by atoms with Crippen LogP contribution in [0.25, 0.3) is 0 Å². The lowest BCUT2D eigenvalue weighted by molar-refractivity contribution is 0.0748. The second-order valence-corrected chi connectivity index (χ2v) is 8.95. The Morgan fingerprint density at radius 3 is 2.58 bits per heavy atom. The Balaban J connectivity index is 0.00000243. The van der Waals surface area contributed by atoms with E-state index in [2.05, 4.69) is 5.32 Å². The van der Waals surface area contributed by atoms with Gasteiger partial charge in [-0.3, -0.25) is 4.79 Å². The van der Waals surface area contributed by atoms with Crippen molar-refractivity contribution in [1.82, 2.24) is 14.5 Å². The molecule has 3 rings (SSSR count). The summed E-state index contributed by atoms with van der Waals surface area (Å²) in [5.41, 5.74) is 0.374. The van der Waals surface area contributed by atoms with Gasteiger partial charge in [-0.1, -0.05) is 0 Å². The van der Waals surface area contributed by atoms with Crippen molar-refractivity contribution in [3.05, 3.63) is 23.8 Å². The Morgan fingerprint density at radius 2 is 1.92 bits per heavy atom. The molecule has 2 bridgehead atoms. The Bertz CT molecular complexity index is 769. The summed E-state index contributed by atoms with van der Waals surface area (Å²) in [6.07, 6.45) is 3.18. The zero-order valence-electron chi connectivity index (χ0n) is 15.3. The fourth-order valence-corrected chi connectivity index (χ4v) is 4.59. The number of amides is 1. The Hall–Kier alpha value is -1.35. The summed E-state index contributed by atoms with van der Waals surface area (Å²) < 4.78 is 31.4. The van der Waals surface area contributed by atoms with Crippen molar-refractivity contribution in [1.29, 1.82) is 0 Å². The maximum Gasteiger partial charge on any atom is 0.253 e. The standard InChI is InChI=1S/C17H25N3O4S.ClH/c1-19(2)25(22,23)16-10-12(4-7-15(16)24-3)17(21)20-9-8-13-5-6-14(11-20)18-13;/h4,7,10,13-14,18H,5-6,8-9,11H2,1-3H3;1H. The third-order valence-corrected chi connectivity index (χ3v) is 6.82. The Labute approximate surface area is 161 Å². The molecule has 1 amide bonds. The molecule has 7 nitrogen and oxygen atoms in total. The zero-order valence-corrected chi connectivity index (χ0v) is 16.9. The lowest BCUT2D eigenvalue weighted by atomic mass is 10.1. The van der Waals surface area contributed by atoms with Gasteiger partial charge in [-0.25, -0.2) is 12.7 Å². The Kier molecular flexibility index (Phi) is 6.55. The normalized spacial score (nSPS) is 22.7. The molecule has 1 N–H and O–H groups in total. The maximum absolute atomic E-state index is 12.9. The van der Waals surface area contributed by atoms with Crippen LogP contribution in [-0.4, -0.2) is 69.9 Å². The molecule has 146 valence electrons. The van der Waals surface area contributed by atoms with Gasteiger partial charge in [0.15, 0.2) is 0 Å². The number of sulfonamides is 1. The molecule has 0 spiro atoms. The van der Waals surface area contributed by atoms with E-state index in [-0.39, 0.29) is 29.0 Å². The van der Waals surface area contributed by atoms with E-state index < -0.39 is 10.0 Å². The molecular weight excluding hydrogens is 378 g/mol. The first-order valence-corrected chi connectivity index (χ1v) is 9.93. The number of nitrogens with one attached hydrogen (secondary N) is 1. The number of hydrogen-bond donors (Lipinski definition) is 1. The highest BCUT2D eigenvalue weighted by molar-refractivity contribution is 7.89. The van der Waals surface area contributed by atoms with Gasteiger partial charge in [-0.15, -0.1) is 12.4 Å². The summed E-state index contributed by atoms with van der Waals surface area (Å²) in [5.74, 6) is 0.106. The number of fused-ring (bicyclic) bond motifs is 2. The average Bonchev–Trinajstić information content (AvgIpc) is 2.92. The Morgan fingerprint density at radius 1 is 1.23 bits per heavy atom. The van der Waals surface area contributed by atoms with Crippen molar-refractivity contribution in [2.45, 2.75) is 36.2 Å². The SMILES string of the molecule is COc1ccc(C(=O)N2CCC3CCC(C2)N3)cc1S(=O)(=O)N(C)C.Cl. The van der Waals surface area contributed by atoms with Crippen LogP contribution in [0, 0.1) is 0 Å². The van der Waals surface area contributed by atoms with Crippen molar-refractivity contribution in [2.24, 2.45) is 0 Å². The molecule has 2 aliphatic rings. The quantitative estimate of drug-likeness (QED) is 0.820. The van der Waals surface area contributed by atoms with Crippen molar-refractivity contribution in [3.8, 4) is 5.75 Å². The monoisotopic (exact) mass is 403 g/mol. The number of methoxy groups -OCH3 is 1. The van der Waals surface area contributed by atoms with Crippen LogP contribution >= 0.6 is 12.4 Å². The second kappa shape index (κ2) is 8.12. The summed E-state index contributed by atoms with van der Waals surface area (Å²) in [6.45, 7) is 1.35. The molecule has 0 saturated carbocycles. The molecule has 2 heterocycles. The summed E-state index contributed by atoms with van der Waals surface area (Å²) in [5, 5.41) is 3.54. The molecule has 1 aromatic carbocycles. The number of halogens is 1. The largest absolute Gasteiger partial charge is 0.495 e. The van der Waals surface area contributed by atoms with Gasteiger partial charge in [-0.05, 0) is 37.5 Å². The molecule has 9 heteroatoms. The first kappa shape index (κ1) is 21.0. The van der Waals surface area contributed by atoms with Crippen molar-refractivity contribution < 1.29 is 17.9 Å². The third kappa shape index (κ3) is 3.98. The summed E-state index contributed by atoms with van der Waals surface area (Å²) in [6, 6.07) is 5.42. The lowest BCUT2D eigenvalue weighted by Crippen LogP contribution is -2.39. The van der Waals surface area contributed by atoms with E-state index in [0.29, 0.717) is 30.7 Å². The van der Waals surface area contributed by atoms with Gasteiger partial charge in [0.25, 0.3) is 5.91 Å². The average molecular weight is 404 g/mol. The maximum atomic E-state index is 12.9. The molecule has 1 aromatic rings. The minimum absolute atomic E-state index is 0. The summed E-state index contributed by atoms with van der Waals surface area (Å²) in [4.78, 5) is 14.8. The van der Waals surface area contributed by atoms with Crippen molar-refractivity contribution >= 4 is 28.3 Å². The summed E-state index contributed by atoms with van der Waals surface area (Å²) in [7, 11) is 0.640. The van der Waals surface area contributed by atoms with Gasteiger partial charge in [-0.2, -0.15) is 0 Å². The zero-order chi connectivity index (χ0) is 18.2. The minimum atomic E-state index is -3.70. The van der Waals surface area contributed by atoms with E-state index >= 15 is 0 Å². The van der Waals surface area contributed by atoms with E-state index in [4.69, 9.17) is 4.74 Å². The van der Waals surface area contributed by atoms with Crippen LogP contribution in [0.1, 0.15) is 29.6 Å². The van der Waals surface area contributed by atoms with Crippen LogP contribution < -0.4 is 10.1 Å². The van der Waals surface area contributed by atoms with E-state index in [1.807, 2.05) is 4.90 Å². The number of ether oxygens (including phenoxy) is 1. The van der Waals surface area contributed by atoms with Crippen LogP contribution in [0.2, 0.25) is 0 Å². The van der Waals surface area contributed by atoms with Gasteiger partial charge in [0.1, 0.15) is 10.6 Å². The fourth-order valence-electron chi connectivity index (χ4n) is 3.52. The highest BCUT2D eigenvalue weighted by Gasteiger charge is 2.32. The van der Waals surface area contributed by atoms with Crippen molar-refractivity contribution in [2.75, 3.05) is 34.3 Å². The number of nitrogens with zero attached hydrogens (tertiary/aromatic N) is 2. The van der Waals surface area contributed by atoms with Crippen LogP contribution in [0.4, 0.5) is 0 Å². The van der Waals surface area contributed by atoms with E-state index in [1.165, 1.54) is 33.7 Å². The molecule has 2 unspecified atom stereocenters.